The van der Waals surface area contributed by atoms with E-state index in [4.69, 9.17) is 11.6 Å². The van der Waals surface area contributed by atoms with Crippen LogP contribution in [0, 0.1) is 0 Å². The average molecular weight is 248 g/mol. The van der Waals surface area contributed by atoms with E-state index >= 15 is 0 Å². The zero-order chi connectivity index (χ0) is 12.8. The third-order valence-corrected chi connectivity index (χ3v) is 3.14. The summed E-state index contributed by atoms with van der Waals surface area (Å²) in [6, 6.07) is 0. The Morgan fingerprint density at radius 2 is 2.06 bits per heavy atom. The molecule has 0 amide bonds. The van der Waals surface area contributed by atoms with Gasteiger partial charge in [0.25, 0.3) is 0 Å². The van der Waals surface area contributed by atoms with Crippen molar-refractivity contribution in [3.8, 4) is 0 Å². The number of aromatic nitrogens is 2. The first kappa shape index (κ1) is 12.6. The van der Waals surface area contributed by atoms with Crippen LogP contribution in [-0.2, 0) is 0 Å². The molecule has 1 aliphatic rings. The van der Waals surface area contributed by atoms with E-state index in [2.05, 4.69) is 26.8 Å². The van der Waals surface area contributed by atoms with Crippen LogP contribution in [-0.4, -0.2) is 16.5 Å². The first-order valence-corrected chi connectivity index (χ1v) is 6.30. The van der Waals surface area contributed by atoms with Crippen molar-refractivity contribution in [2.75, 3.05) is 23.0 Å². The van der Waals surface area contributed by atoms with Crippen LogP contribution in [0.25, 0.3) is 0 Å². The van der Waals surface area contributed by atoms with E-state index in [1.807, 2.05) is 0 Å². The van der Waals surface area contributed by atoms with Crippen molar-refractivity contribution in [2.24, 2.45) is 5.84 Å². The lowest BCUT2D eigenvalue weighted by Crippen LogP contribution is -2.14. The van der Waals surface area contributed by atoms with E-state index < -0.39 is 0 Å². The maximum absolute atomic E-state index is 5.87. The van der Waals surface area contributed by atoms with Gasteiger partial charge in [-0.2, -0.15) is 0 Å². The van der Waals surface area contributed by atoms with Crippen molar-refractivity contribution in [3.05, 3.63) is 18.0 Å². The van der Waals surface area contributed by atoms with Gasteiger partial charge in [-0.25, -0.2) is 15.8 Å². The van der Waals surface area contributed by atoms with Gasteiger partial charge in [-0.1, -0.05) is 11.6 Å². The van der Waals surface area contributed by atoms with Crippen molar-refractivity contribution in [1.29, 1.82) is 0 Å². The predicted octanol–water partition coefficient (Wildman–Crippen LogP) is 1.65. The minimum atomic E-state index is 0.449. The number of rotatable bonds is 5. The van der Waals surface area contributed by atoms with Gasteiger partial charge in [-0.05, 0) is 32.1 Å². The number of nitrogens with zero attached hydrogens (tertiary/aromatic N) is 2. The van der Waals surface area contributed by atoms with Crippen LogP contribution in [0.4, 0.5) is 17.3 Å². The quantitative estimate of drug-likeness (QED) is 0.359. The fourth-order valence-electron chi connectivity index (χ4n) is 2.12. The molecule has 2 rings (SSSR count). The largest absolute Gasteiger partial charge is 0.393 e. The molecule has 0 saturated carbocycles. The number of nitrogens with two attached hydrogens (primary N) is 2. The number of allylic oxidation sites excluding steroid dienone is 1. The van der Waals surface area contributed by atoms with E-state index in [0.29, 0.717) is 17.3 Å². The maximum atomic E-state index is 5.87. The molecule has 6 heteroatoms. The molecular formula is C12H20N6. The molecule has 0 aromatic carbocycles. The topological polar surface area (TPSA) is 102 Å². The summed E-state index contributed by atoms with van der Waals surface area (Å²) in [5.41, 5.74) is 10.3. The summed E-state index contributed by atoms with van der Waals surface area (Å²) in [6.07, 6.45) is 9.89. The Hall–Kier alpha value is -1.82. The summed E-state index contributed by atoms with van der Waals surface area (Å²) >= 11 is 0. The van der Waals surface area contributed by atoms with Gasteiger partial charge in [-0.3, -0.25) is 0 Å². The molecule has 98 valence electrons. The van der Waals surface area contributed by atoms with Gasteiger partial charge in [0.15, 0.2) is 11.6 Å². The van der Waals surface area contributed by atoms with Gasteiger partial charge < -0.3 is 16.5 Å². The highest BCUT2D eigenvalue weighted by Crippen LogP contribution is 2.23. The zero-order valence-corrected chi connectivity index (χ0v) is 10.4. The van der Waals surface area contributed by atoms with Gasteiger partial charge in [0.2, 0.25) is 0 Å². The van der Waals surface area contributed by atoms with Crippen LogP contribution in [0.2, 0.25) is 0 Å². The lowest BCUT2D eigenvalue weighted by atomic mass is 9.97. The molecule has 6 nitrogen and oxygen atoms in total. The van der Waals surface area contributed by atoms with Gasteiger partial charge >= 0.3 is 0 Å². The molecule has 1 aliphatic carbocycles. The monoisotopic (exact) mass is 248 g/mol. The number of nitrogens with one attached hydrogen (secondary N) is 2. The number of anilines is 3. The molecule has 0 saturated heterocycles. The first-order chi connectivity index (χ1) is 8.81. The molecule has 0 atom stereocenters. The highest BCUT2D eigenvalue weighted by atomic mass is 15.3. The summed E-state index contributed by atoms with van der Waals surface area (Å²) in [4.78, 5) is 8.04. The second-order valence-corrected chi connectivity index (χ2v) is 4.41. The minimum absolute atomic E-state index is 0.449. The number of nitrogen functional groups attached to an aromatic ring is 2. The summed E-state index contributed by atoms with van der Waals surface area (Å²) in [6.45, 7) is 0.830. The standard InChI is InChI=1S/C12H20N6/c13-10-11(16-8-17-12(10)18-14)15-7-6-9-4-2-1-3-5-9/h4,8H,1-3,5-7,13-14H2,(H2,15,16,17,18). The summed E-state index contributed by atoms with van der Waals surface area (Å²) in [7, 11) is 0. The van der Waals surface area contributed by atoms with Crippen molar-refractivity contribution in [2.45, 2.75) is 32.1 Å². The van der Waals surface area contributed by atoms with Gasteiger partial charge in [0, 0.05) is 6.54 Å². The maximum Gasteiger partial charge on any atom is 0.168 e. The molecule has 0 bridgehead atoms. The molecule has 1 aromatic heterocycles. The van der Waals surface area contributed by atoms with Crippen LogP contribution in [0.15, 0.2) is 18.0 Å². The minimum Gasteiger partial charge on any atom is -0.393 e. The first-order valence-electron chi connectivity index (χ1n) is 6.30. The smallest absolute Gasteiger partial charge is 0.168 e. The second-order valence-electron chi connectivity index (χ2n) is 4.41. The van der Waals surface area contributed by atoms with E-state index in [9.17, 15) is 0 Å². The molecule has 1 heterocycles. The van der Waals surface area contributed by atoms with Gasteiger partial charge in [0.05, 0.1) is 0 Å². The molecule has 6 N–H and O–H groups in total. The Labute approximate surface area is 107 Å². The highest BCUT2D eigenvalue weighted by Gasteiger charge is 2.07. The van der Waals surface area contributed by atoms with Crippen LogP contribution < -0.4 is 22.3 Å². The Bertz CT molecular complexity index is 429. The second kappa shape index (κ2) is 6.20. The van der Waals surface area contributed by atoms with Crippen LogP contribution in [0.3, 0.4) is 0 Å². The fourth-order valence-corrected chi connectivity index (χ4v) is 2.12. The van der Waals surface area contributed by atoms with E-state index in [-0.39, 0.29) is 0 Å². The van der Waals surface area contributed by atoms with E-state index in [0.717, 1.165) is 13.0 Å². The molecule has 18 heavy (non-hydrogen) atoms. The normalized spacial score (nSPS) is 15.1. The number of hydrazine groups is 1. The predicted molar refractivity (Wildman–Crippen MR) is 73.9 cm³/mol. The van der Waals surface area contributed by atoms with Crippen molar-refractivity contribution < 1.29 is 0 Å². The average Bonchev–Trinajstić information content (AvgIpc) is 2.42. The van der Waals surface area contributed by atoms with E-state index in [1.54, 1.807) is 0 Å². The third-order valence-electron chi connectivity index (χ3n) is 3.14. The summed E-state index contributed by atoms with van der Waals surface area (Å²) < 4.78 is 0. The van der Waals surface area contributed by atoms with Gasteiger partial charge in [0.1, 0.15) is 12.0 Å². The Balaban J connectivity index is 1.88. The lowest BCUT2D eigenvalue weighted by molar-refractivity contribution is 0.679. The Morgan fingerprint density at radius 3 is 2.78 bits per heavy atom. The molecule has 1 aromatic rings. The molecule has 0 fully saturated rings. The lowest BCUT2D eigenvalue weighted by Gasteiger charge is -2.14. The number of hydrogen-bond acceptors (Lipinski definition) is 6. The Morgan fingerprint density at radius 1 is 1.22 bits per heavy atom. The molecule has 0 unspecified atom stereocenters. The molecular weight excluding hydrogens is 228 g/mol. The van der Waals surface area contributed by atoms with Crippen molar-refractivity contribution >= 4 is 17.3 Å². The van der Waals surface area contributed by atoms with Crippen LogP contribution in [0.5, 0.6) is 0 Å². The Kier molecular flexibility index (Phi) is 4.35. The molecule has 0 aliphatic heterocycles. The number of hydrogen-bond donors (Lipinski definition) is 4. The highest BCUT2D eigenvalue weighted by molar-refractivity contribution is 5.73. The van der Waals surface area contributed by atoms with Gasteiger partial charge in [-0.15, -0.1) is 0 Å². The third kappa shape index (κ3) is 3.10. The SMILES string of the molecule is NNc1ncnc(NCCC2=CCCCC2)c1N. The van der Waals surface area contributed by atoms with Crippen LogP contribution in [0.1, 0.15) is 32.1 Å². The zero-order valence-electron chi connectivity index (χ0n) is 10.4. The van der Waals surface area contributed by atoms with E-state index in [1.165, 1.54) is 37.6 Å². The van der Waals surface area contributed by atoms with Crippen molar-refractivity contribution in [3.63, 3.8) is 0 Å². The van der Waals surface area contributed by atoms with Crippen LogP contribution >= 0.6 is 0 Å². The fraction of sp³-hybridized carbons (Fsp3) is 0.500. The molecule has 0 radical (unpaired) electrons. The summed E-state index contributed by atoms with van der Waals surface area (Å²) in [5, 5.41) is 3.22. The molecule has 0 spiro atoms. The summed E-state index contributed by atoms with van der Waals surface area (Å²) in [5.74, 6) is 6.39. The van der Waals surface area contributed by atoms with Crippen molar-refractivity contribution in [1.82, 2.24) is 9.97 Å².